The number of rotatable bonds is 28. The number of benzene rings is 7. The van der Waals surface area contributed by atoms with Gasteiger partial charge < -0.3 is 159 Å². The topological polar surface area (TPSA) is 662 Å². The van der Waals surface area contributed by atoms with E-state index in [4.69, 9.17) is 40.0 Å². The summed E-state index contributed by atoms with van der Waals surface area (Å²) in [5.74, 6) is -21.2. The SMILES string of the molecule is CCCCOc1c(C)c(C(=O)[O-])c(OCCCC)c(C)c1C(=O)[O-].CCCOc1c(C)c(C(=O)[O-])c(OCCC)c(C)c1C(=O)[O-].Cc1c(C)c(C(=O)[O-])c(Br)c(C)c1C(=O)[O-].Cc1c(C)c(C(=O)[O-])c(C)c(C)c1C(=O)[O-].Cc1c(C)c(C(=O)[O-])c(N)c(C)c1C(=O)[O-].O=C(O)c1cc([O-])c(C(=O)O)cc1[O-].O=C([O-])c1ccc(C(=O)O)cc1. The van der Waals surface area contributed by atoms with Crippen molar-refractivity contribution in [3.05, 3.63) is 197 Å². The molecule has 0 atom stereocenters. The van der Waals surface area contributed by atoms with Gasteiger partial charge in [-0.15, -0.1) is 0 Å². The maximum Gasteiger partial charge on any atom is 0.335 e. The molecular weight excluding hydrogens is 1650 g/mol. The molecule has 35 nitrogen and oxygen atoms in total. The summed E-state index contributed by atoms with van der Waals surface area (Å²) in [6.45, 7) is 30.0. The summed E-state index contributed by atoms with van der Waals surface area (Å²) in [5, 5.41) is 169. The highest BCUT2D eigenvalue weighted by Crippen LogP contribution is 2.41. The van der Waals surface area contributed by atoms with Crippen LogP contribution in [-0.4, -0.2) is 125 Å². The first-order valence-corrected chi connectivity index (χ1v) is 36.7. The van der Waals surface area contributed by atoms with Crippen LogP contribution in [0.15, 0.2) is 40.9 Å². The molecule has 36 heteroatoms. The number of hydrogen-bond acceptors (Lipinski definition) is 32. The van der Waals surface area contributed by atoms with E-state index in [-0.39, 0.29) is 141 Å². The van der Waals surface area contributed by atoms with Gasteiger partial charge in [-0.3, -0.25) is 0 Å². The van der Waals surface area contributed by atoms with Crippen LogP contribution < -0.4 is 91.1 Å². The van der Waals surface area contributed by atoms with E-state index in [9.17, 15) is 134 Å². The van der Waals surface area contributed by atoms with Crippen molar-refractivity contribution in [2.45, 2.75) is 163 Å². The molecule has 0 aromatic heterocycles. The van der Waals surface area contributed by atoms with Gasteiger partial charge in [0.25, 0.3) is 0 Å². The van der Waals surface area contributed by atoms with E-state index in [0.717, 1.165) is 25.7 Å². The highest BCUT2D eigenvalue weighted by Gasteiger charge is 2.27. The third-order valence-corrected chi connectivity index (χ3v) is 19.3. The molecular formula is C84H85BrNO34-13. The maximum atomic E-state index is 11.6. The minimum absolute atomic E-state index is 0.00222. The number of carboxylic acids is 14. The monoisotopic (exact) mass is 1730 g/mol. The largest absolute Gasteiger partial charge is 0.872 e. The molecule has 0 bridgehead atoms. The molecule has 0 aliphatic rings. The van der Waals surface area contributed by atoms with Gasteiger partial charge in [-0.05, 0) is 212 Å². The van der Waals surface area contributed by atoms with Crippen molar-refractivity contribution in [1.29, 1.82) is 0 Å². The van der Waals surface area contributed by atoms with Gasteiger partial charge in [-0.2, -0.15) is 0 Å². The summed E-state index contributed by atoms with van der Waals surface area (Å²) in [4.78, 5) is 153. The Kier molecular flexibility index (Phi) is 40.7. The van der Waals surface area contributed by atoms with Crippen LogP contribution in [0.1, 0.15) is 289 Å². The second-order valence-corrected chi connectivity index (χ2v) is 26.9. The normalized spacial score (nSPS) is 10.2. The zero-order valence-corrected chi connectivity index (χ0v) is 70.1. The third-order valence-electron chi connectivity index (χ3n) is 18.3. The van der Waals surface area contributed by atoms with Gasteiger partial charge in [0.1, 0.15) is 23.0 Å². The summed E-state index contributed by atoms with van der Waals surface area (Å²) in [6.07, 6.45) is 4.48. The number of hydrogen-bond donors (Lipinski definition) is 4. The Morgan fingerprint density at radius 2 is 0.517 bits per heavy atom. The minimum atomic E-state index is -1.55. The van der Waals surface area contributed by atoms with E-state index in [1.165, 1.54) is 86.6 Å². The standard InChI is InChI=1S/C18H26O6.C16H22O6.C12H14O4.C11H11BrO4.C11H13NO4.C8H6O6.C8H6O4/c1-5-7-9-23-15-11(3)14(18(21)22)16(24-10-8-6-2)12(4)13(15)17(19)20;1-5-7-21-13-9(3)12(16(19)20)14(22-8-6-2)10(4)11(13)15(17)18;1-5-6(2)10(12(15)16)8(4)7(3)9(5)11(13)14;2*1-4-5(2)8(11(15)16)9(12)6(3)7(4)10(13)14;9-5-1-3(7(11)12)6(10)2-4(5)8(13)14;9-7(10)5-1-2-6(4-3-5)8(11)12/h5-10H2,1-4H3,(H,19,20)(H,21,22);5-8H2,1-4H3,(H,17,18)(H,19,20);1-4H3,(H,13,14)(H,15,16);1-3H3,(H,13,14)(H,15,16);12H2,1-3H3,(H,13,14)(H,15,16);1-2,9-10H,(H,11,12)(H,13,14);1-4H,(H,9,10)(H,11,12)/p-13. The van der Waals surface area contributed by atoms with Crippen molar-refractivity contribution in [2.24, 2.45) is 0 Å². The highest BCUT2D eigenvalue weighted by atomic mass is 79.9. The Morgan fingerprint density at radius 1 is 0.292 bits per heavy atom. The molecule has 7 aromatic rings. The summed E-state index contributed by atoms with van der Waals surface area (Å²) < 4.78 is 22.2. The van der Waals surface area contributed by atoms with E-state index >= 15 is 0 Å². The average Bonchev–Trinajstić information content (AvgIpc) is 0.767. The molecule has 0 aliphatic carbocycles. The summed E-state index contributed by atoms with van der Waals surface area (Å²) in [5.41, 5.74) is 7.64. The van der Waals surface area contributed by atoms with Crippen molar-refractivity contribution in [2.75, 3.05) is 32.2 Å². The van der Waals surface area contributed by atoms with Gasteiger partial charge in [0.15, 0.2) is 0 Å². The molecule has 0 heterocycles. The van der Waals surface area contributed by atoms with Crippen molar-refractivity contribution in [3.63, 3.8) is 0 Å². The van der Waals surface area contributed by atoms with Crippen LogP contribution in [0.25, 0.3) is 0 Å². The van der Waals surface area contributed by atoms with Gasteiger partial charge in [-0.1, -0.05) is 76.3 Å². The first-order valence-electron chi connectivity index (χ1n) is 35.9. The van der Waals surface area contributed by atoms with Crippen molar-refractivity contribution < 1.29 is 168 Å². The van der Waals surface area contributed by atoms with E-state index in [1.807, 2.05) is 27.7 Å². The van der Waals surface area contributed by atoms with Crippen LogP contribution in [-0.2, 0) is 0 Å². The van der Waals surface area contributed by atoms with Crippen molar-refractivity contribution in [3.8, 4) is 34.5 Å². The zero-order chi connectivity index (χ0) is 93.0. The number of ether oxygens (including phenoxy) is 4. The Bertz CT molecular complexity index is 4530. The molecule has 650 valence electrons. The number of halogens is 1. The zero-order valence-electron chi connectivity index (χ0n) is 68.5. The first kappa shape index (κ1) is 104. The molecule has 5 N–H and O–H groups in total. The predicted molar refractivity (Wildman–Crippen MR) is 403 cm³/mol. The van der Waals surface area contributed by atoms with E-state index in [1.54, 1.807) is 34.6 Å². The van der Waals surface area contributed by atoms with Crippen LogP contribution in [0.3, 0.4) is 0 Å². The third kappa shape index (κ3) is 26.1. The summed E-state index contributed by atoms with van der Waals surface area (Å²) in [7, 11) is 0. The number of nitrogen functional groups attached to an aromatic ring is 1. The average molecular weight is 1730 g/mol. The van der Waals surface area contributed by atoms with Gasteiger partial charge >= 0.3 is 17.9 Å². The van der Waals surface area contributed by atoms with Gasteiger partial charge in [-0.25, -0.2) is 14.4 Å². The van der Waals surface area contributed by atoms with Gasteiger partial charge in [0.2, 0.25) is 0 Å². The fourth-order valence-electron chi connectivity index (χ4n) is 11.6. The molecule has 0 saturated carbocycles. The smallest absolute Gasteiger partial charge is 0.335 e. The molecule has 0 spiro atoms. The Labute approximate surface area is 696 Å². The molecule has 120 heavy (non-hydrogen) atoms. The van der Waals surface area contributed by atoms with Gasteiger partial charge in [0, 0.05) is 88.0 Å². The number of carbonyl (C=O) groups excluding carboxylic acids is 11. The van der Waals surface area contributed by atoms with Crippen molar-refractivity contribution in [1.82, 2.24) is 0 Å². The predicted octanol–water partition coefficient (Wildman–Crippen LogP) is -0.356. The van der Waals surface area contributed by atoms with Crippen LogP contribution in [0.4, 0.5) is 5.69 Å². The molecule has 0 fully saturated rings. The van der Waals surface area contributed by atoms with Crippen LogP contribution in [0.2, 0.25) is 0 Å². The highest BCUT2D eigenvalue weighted by molar-refractivity contribution is 9.10. The molecule has 7 rings (SSSR count). The first-order chi connectivity index (χ1) is 55.6. The van der Waals surface area contributed by atoms with Gasteiger partial charge in [0.05, 0.1) is 109 Å². The molecule has 0 radical (unpaired) electrons. The Balaban J connectivity index is 0.000000708. The number of unbranched alkanes of at least 4 members (excludes halogenated alkanes) is 2. The molecule has 0 aliphatic heterocycles. The Hall–Kier alpha value is -13.8. The maximum absolute atomic E-state index is 11.6. The lowest BCUT2D eigenvalue weighted by Gasteiger charge is -2.24. The number of carbonyl (C=O) groups is 14. The number of anilines is 1. The lowest BCUT2D eigenvalue weighted by Crippen LogP contribution is -2.29. The summed E-state index contributed by atoms with van der Waals surface area (Å²) in [6, 6.07) is 5.83. The second kappa shape index (κ2) is 46.8. The summed E-state index contributed by atoms with van der Waals surface area (Å²) >= 11 is 3.07. The van der Waals surface area contributed by atoms with E-state index in [2.05, 4.69) is 15.9 Å². The van der Waals surface area contributed by atoms with Crippen LogP contribution in [0, 0.1) is 96.9 Å². The molecule has 0 amide bonds. The van der Waals surface area contributed by atoms with E-state index in [0.29, 0.717) is 88.3 Å². The fraction of sp³-hybridized carbons (Fsp3) is 0.333. The van der Waals surface area contributed by atoms with E-state index < -0.39 is 106 Å². The van der Waals surface area contributed by atoms with Crippen LogP contribution >= 0.6 is 15.9 Å². The Morgan fingerprint density at radius 3 is 0.742 bits per heavy atom. The lowest BCUT2D eigenvalue weighted by atomic mass is 9.89. The quantitative estimate of drug-likeness (QED) is 0.0359. The number of aromatic carboxylic acids is 14. The van der Waals surface area contributed by atoms with Crippen LogP contribution in [0.5, 0.6) is 34.5 Å². The lowest BCUT2D eigenvalue weighted by molar-refractivity contribution is -0.275. The minimum Gasteiger partial charge on any atom is -0.872 e. The van der Waals surface area contributed by atoms with Crippen molar-refractivity contribution >= 4 is 105 Å². The molecule has 0 saturated heterocycles. The number of carboxylic acid groups (broad SMARTS) is 14. The second-order valence-electron chi connectivity index (χ2n) is 26.1. The fourth-order valence-corrected chi connectivity index (χ4v) is 12.3. The number of nitrogens with two attached hydrogens (primary N) is 1. The molecule has 0 unspecified atom stereocenters. The molecule has 7 aromatic carbocycles.